The van der Waals surface area contributed by atoms with E-state index in [1.165, 1.54) is 0 Å². The lowest BCUT2D eigenvalue weighted by molar-refractivity contribution is 0.521. The SMILES string of the molecule is [S]C1=CC=CN2CC=CC=C12. The topological polar surface area (TPSA) is 3.24 Å². The lowest BCUT2D eigenvalue weighted by Gasteiger charge is -2.26. The van der Waals surface area contributed by atoms with Gasteiger partial charge < -0.3 is 4.90 Å². The van der Waals surface area contributed by atoms with Gasteiger partial charge in [-0.05, 0) is 18.2 Å². The molecule has 2 aliphatic rings. The summed E-state index contributed by atoms with van der Waals surface area (Å²) in [6, 6.07) is 0. The summed E-state index contributed by atoms with van der Waals surface area (Å²) in [5.74, 6) is 0. The third-order valence-electron chi connectivity index (χ3n) is 1.77. The summed E-state index contributed by atoms with van der Waals surface area (Å²) < 4.78 is 0. The van der Waals surface area contributed by atoms with Gasteiger partial charge in [0.2, 0.25) is 0 Å². The predicted octanol–water partition coefficient (Wildman–Crippen LogP) is 2.35. The van der Waals surface area contributed by atoms with Gasteiger partial charge in [-0.15, -0.1) is 0 Å². The molecule has 0 fully saturated rings. The van der Waals surface area contributed by atoms with Crippen molar-refractivity contribution in [3.63, 3.8) is 0 Å². The highest BCUT2D eigenvalue weighted by Crippen LogP contribution is 2.24. The highest BCUT2D eigenvalue weighted by molar-refractivity contribution is 7.84. The molecule has 0 saturated carbocycles. The molecule has 1 nitrogen and oxygen atoms in total. The molecule has 55 valence electrons. The van der Waals surface area contributed by atoms with Gasteiger partial charge >= 0.3 is 0 Å². The van der Waals surface area contributed by atoms with Crippen LogP contribution in [0, 0.1) is 0 Å². The van der Waals surface area contributed by atoms with Crippen LogP contribution in [0.2, 0.25) is 0 Å². The van der Waals surface area contributed by atoms with Crippen LogP contribution < -0.4 is 0 Å². The second kappa shape index (κ2) is 2.55. The molecule has 1 radical (unpaired) electrons. The van der Waals surface area contributed by atoms with Crippen LogP contribution in [0.1, 0.15) is 0 Å². The molecule has 0 aliphatic carbocycles. The van der Waals surface area contributed by atoms with Gasteiger partial charge in [0.1, 0.15) is 0 Å². The van der Waals surface area contributed by atoms with E-state index in [1.54, 1.807) is 0 Å². The number of nitrogens with zero attached hydrogens (tertiary/aromatic N) is 1. The minimum absolute atomic E-state index is 0.928. The molecular formula is C9H8NS. The predicted molar refractivity (Wildman–Crippen MR) is 48.7 cm³/mol. The van der Waals surface area contributed by atoms with Gasteiger partial charge in [-0.2, -0.15) is 0 Å². The summed E-state index contributed by atoms with van der Waals surface area (Å²) in [5.41, 5.74) is 1.14. The number of rotatable bonds is 0. The second-order valence-electron chi connectivity index (χ2n) is 2.50. The van der Waals surface area contributed by atoms with E-state index in [1.807, 2.05) is 30.5 Å². The second-order valence-corrected chi connectivity index (χ2v) is 2.94. The molecule has 0 unspecified atom stereocenters. The Labute approximate surface area is 71.8 Å². The number of fused-ring (bicyclic) bond motifs is 1. The van der Waals surface area contributed by atoms with E-state index in [0.29, 0.717) is 0 Å². The summed E-state index contributed by atoms with van der Waals surface area (Å²) >= 11 is 5.15. The van der Waals surface area contributed by atoms with Crippen LogP contribution in [-0.2, 0) is 0 Å². The lowest BCUT2D eigenvalue weighted by atomic mass is 10.2. The number of allylic oxidation sites excluding steroid dienone is 4. The molecule has 2 heterocycles. The molecule has 0 aromatic carbocycles. The third kappa shape index (κ3) is 1.10. The van der Waals surface area contributed by atoms with Crippen molar-refractivity contribution in [3.8, 4) is 0 Å². The summed E-state index contributed by atoms with van der Waals surface area (Å²) in [6.07, 6.45) is 12.2. The highest BCUT2D eigenvalue weighted by Gasteiger charge is 2.12. The molecule has 11 heavy (non-hydrogen) atoms. The molecule has 0 bridgehead atoms. The Morgan fingerprint density at radius 3 is 3.00 bits per heavy atom. The van der Waals surface area contributed by atoms with Gasteiger partial charge in [0.05, 0.1) is 10.6 Å². The van der Waals surface area contributed by atoms with Crippen LogP contribution >= 0.6 is 12.6 Å². The smallest absolute Gasteiger partial charge is 0.0614 e. The van der Waals surface area contributed by atoms with Crippen LogP contribution in [0.3, 0.4) is 0 Å². The monoisotopic (exact) mass is 162 g/mol. The molecule has 2 rings (SSSR count). The molecule has 0 amide bonds. The number of hydrogen-bond donors (Lipinski definition) is 0. The summed E-state index contributed by atoms with van der Waals surface area (Å²) in [5, 5.41) is 0. The van der Waals surface area contributed by atoms with Crippen LogP contribution in [0.15, 0.2) is 47.2 Å². The Balaban J connectivity index is 2.40. The zero-order valence-corrected chi connectivity index (χ0v) is 6.84. The fourth-order valence-electron chi connectivity index (χ4n) is 1.21. The first-order chi connectivity index (χ1) is 5.38. The van der Waals surface area contributed by atoms with Gasteiger partial charge in [-0.1, -0.05) is 24.8 Å². The summed E-state index contributed by atoms with van der Waals surface area (Å²) in [4.78, 5) is 3.07. The Morgan fingerprint density at radius 1 is 1.27 bits per heavy atom. The molecule has 0 aromatic heterocycles. The zero-order chi connectivity index (χ0) is 7.68. The minimum atomic E-state index is 0.928. The van der Waals surface area contributed by atoms with Crippen LogP contribution in [0.5, 0.6) is 0 Å². The standard InChI is InChI=1S/C9H8NS/c11-9-5-3-7-10-6-2-1-4-8(9)10/h1-5,7H,6H2. The maximum Gasteiger partial charge on any atom is 0.0614 e. The fraction of sp³-hybridized carbons (Fsp3) is 0.111. The van der Waals surface area contributed by atoms with Crippen molar-refractivity contribution < 1.29 is 0 Å². The van der Waals surface area contributed by atoms with Crippen LogP contribution in [0.4, 0.5) is 0 Å². The molecule has 0 aromatic rings. The average Bonchev–Trinajstić information content (AvgIpc) is 2.06. The van der Waals surface area contributed by atoms with Gasteiger partial charge in [-0.3, -0.25) is 0 Å². The molecule has 0 atom stereocenters. The van der Waals surface area contributed by atoms with Gasteiger partial charge in [-0.25, -0.2) is 0 Å². The minimum Gasteiger partial charge on any atom is -0.343 e. The lowest BCUT2D eigenvalue weighted by Crippen LogP contribution is -2.20. The Morgan fingerprint density at radius 2 is 2.18 bits per heavy atom. The highest BCUT2D eigenvalue weighted by atomic mass is 32.1. The molecule has 0 N–H and O–H groups in total. The van der Waals surface area contributed by atoms with Crippen molar-refractivity contribution in [2.75, 3.05) is 6.54 Å². The maximum atomic E-state index is 5.15. The van der Waals surface area contributed by atoms with Gasteiger partial charge in [0.15, 0.2) is 0 Å². The van der Waals surface area contributed by atoms with E-state index in [9.17, 15) is 0 Å². The Hall–Kier alpha value is -1.02. The van der Waals surface area contributed by atoms with Crippen molar-refractivity contribution in [3.05, 3.63) is 47.2 Å². The molecule has 0 saturated heterocycles. The quantitative estimate of drug-likeness (QED) is 0.528. The molecule has 2 aliphatic heterocycles. The van der Waals surface area contributed by atoms with Crippen molar-refractivity contribution in [2.45, 2.75) is 0 Å². The Bertz CT molecular complexity index is 284. The largest absolute Gasteiger partial charge is 0.343 e. The first-order valence-electron chi connectivity index (χ1n) is 3.57. The van der Waals surface area contributed by atoms with E-state index in [0.717, 1.165) is 17.1 Å². The number of hydrogen-bond acceptors (Lipinski definition) is 1. The van der Waals surface area contributed by atoms with Gasteiger partial charge in [0.25, 0.3) is 0 Å². The molecular weight excluding hydrogens is 154 g/mol. The molecule has 2 heteroatoms. The summed E-state index contributed by atoms with van der Waals surface area (Å²) in [6.45, 7) is 0.941. The average molecular weight is 162 g/mol. The van der Waals surface area contributed by atoms with Crippen molar-refractivity contribution in [1.82, 2.24) is 4.90 Å². The first kappa shape index (κ1) is 6.68. The van der Waals surface area contributed by atoms with E-state index < -0.39 is 0 Å². The fourth-order valence-corrected chi connectivity index (χ4v) is 1.48. The van der Waals surface area contributed by atoms with Crippen LogP contribution in [-0.4, -0.2) is 11.4 Å². The van der Waals surface area contributed by atoms with E-state index >= 15 is 0 Å². The first-order valence-corrected chi connectivity index (χ1v) is 3.98. The molecule has 0 spiro atoms. The summed E-state index contributed by atoms with van der Waals surface area (Å²) in [7, 11) is 0. The Kier molecular flexibility index (Phi) is 1.55. The third-order valence-corrected chi connectivity index (χ3v) is 2.11. The zero-order valence-electron chi connectivity index (χ0n) is 6.03. The van der Waals surface area contributed by atoms with Crippen molar-refractivity contribution in [1.29, 1.82) is 0 Å². The van der Waals surface area contributed by atoms with E-state index in [-0.39, 0.29) is 0 Å². The normalized spacial score (nSPS) is 20.9. The van der Waals surface area contributed by atoms with Crippen molar-refractivity contribution in [2.24, 2.45) is 0 Å². The van der Waals surface area contributed by atoms with Crippen LogP contribution in [0.25, 0.3) is 0 Å². The van der Waals surface area contributed by atoms with Crippen molar-refractivity contribution >= 4 is 12.6 Å². The maximum absolute atomic E-state index is 5.15. The van der Waals surface area contributed by atoms with E-state index in [2.05, 4.69) is 11.0 Å². The van der Waals surface area contributed by atoms with E-state index in [4.69, 9.17) is 12.6 Å². The van der Waals surface area contributed by atoms with Gasteiger partial charge in [0, 0.05) is 12.7 Å².